The van der Waals surface area contributed by atoms with Gasteiger partial charge in [0.05, 0.1) is 6.10 Å². The Balaban J connectivity index is 1.67. The maximum Gasteiger partial charge on any atom is 0.0655 e. The average Bonchev–Trinajstić information content (AvgIpc) is 2.42. The van der Waals surface area contributed by atoms with Crippen molar-refractivity contribution >= 4 is 0 Å². The Kier molecular flexibility index (Phi) is 5.27. The van der Waals surface area contributed by atoms with E-state index in [1.807, 2.05) is 0 Å². The molecule has 2 rings (SSSR count). The van der Waals surface area contributed by atoms with Gasteiger partial charge in [-0.25, -0.2) is 0 Å². The van der Waals surface area contributed by atoms with E-state index < -0.39 is 0 Å². The Hall–Kier alpha value is -0.120. The monoisotopic (exact) mass is 268 g/mol. The van der Waals surface area contributed by atoms with Crippen LogP contribution in [0.4, 0.5) is 0 Å². The number of hydrogen-bond donors (Lipinski definition) is 2. The standard InChI is InChI=1S/C16H32N2O/c1-4-19-15-9-14(16(15,2)3)18-11-13-7-5-12(10-17)6-8-13/h12-15,18H,4-11,17H2,1-3H3. The van der Waals surface area contributed by atoms with Crippen LogP contribution in [0.5, 0.6) is 0 Å². The summed E-state index contributed by atoms with van der Waals surface area (Å²) in [5.41, 5.74) is 6.05. The van der Waals surface area contributed by atoms with E-state index in [1.54, 1.807) is 0 Å². The van der Waals surface area contributed by atoms with Crippen molar-refractivity contribution < 1.29 is 4.74 Å². The van der Waals surface area contributed by atoms with E-state index in [1.165, 1.54) is 38.6 Å². The Morgan fingerprint density at radius 2 is 1.79 bits per heavy atom. The van der Waals surface area contributed by atoms with Gasteiger partial charge in [0.25, 0.3) is 0 Å². The van der Waals surface area contributed by atoms with Crippen LogP contribution in [0, 0.1) is 17.3 Å². The molecule has 3 nitrogen and oxygen atoms in total. The van der Waals surface area contributed by atoms with Crippen molar-refractivity contribution in [3.8, 4) is 0 Å². The maximum absolute atomic E-state index is 5.79. The van der Waals surface area contributed by atoms with Gasteiger partial charge in [-0.05, 0) is 64.0 Å². The summed E-state index contributed by atoms with van der Waals surface area (Å²) in [5, 5.41) is 3.79. The molecule has 0 spiro atoms. The number of nitrogens with two attached hydrogens (primary N) is 1. The third-order valence-electron chi connectivity index (χ3n) is 5.50. The van der Waals surface area contributed by atoms with Gasteiger partial charge in [-0.2, -0.15) is 0 Å². The quantitative estimate of drug-likeness (QED) is 0.778. The van der Waals surface area contributed by atoms with Crippen molar-refractivity contribution in [2.75, 3.05) is 19.7 Å². The van der Waals surface area contributed by atoms with Gasteiger partial charge in [0.2, 0.25) is 0 Å². The molecule has 2 aliphatic carbocycles. The van der Waals surface area contributed by atoms with Gasteiger partial charge in [-0.1, -0.05) is 13.8 Å². The van der Waals surface area contributed by atoms with Crippen LogP contribution in [0.15, 0.2) is 0 Å². The summed E-state index contributed by atoms with van der Waals surface area (Å²) in [4.78, 5) is 0. The molecule has 0 amide bonds. The van der Waals surface area contributed by atoms with E-state index in [4.69, 9.17) is 10.5 Å². The molecule has 112 valence electrons. The molecule has 0 aromatic heterocycles. The topological polar surface area (TPSA) is 47.3 Å². The first kappa shape index (κ1) is 15.3. The lowest BCUT2D eigenvalue weighted by atomic mass is 9.64. The van der Waals surface area contributed by atoms with Crippen LogP contribution < -0.4 is 11.1 Å². The molecule has 0 aromatic rings. The molecule has 0 aromatic carbocycles. The molecular weight excluding hydrogens is 236 g/mol. The number of rotatable bonds is 6. The first-order chi connectivity index (χ1) is 9.07. The van der Waals surface area contributed by atoms with Gasteiger partial charge >= 0.3 is 0 Å². The van der Waals surface area contributed by atoms with Crippen molar-refractivity contribution in [2.24, 2.45) is 23.0 Å². The molecule has 0 radical (unpaired) electrons. The molecule has 0 heterocycles. The fourth-order valence-corrected chi connectivity index (χ4v) is 3.70. The SMILES string of the molecule is CCOC1CC(NCC2CCC(CN)CC2)C1(C)C. The minimum Gasteiger partial charge on any atom is -0.378 e. The zero-order valence-corrected chi connectivity index (χ0v) is 13.0. The van der Waals surface area contributed by atoms with Crippen molar-refractivity contribution in [3.05, 3.63) is 0 Å². The first-order valence-corrected chi connectivity index (χ1v) is 8.13. The van der Waals surface area contributed by atoms with Crippen LogP contribution in [0.25, 0.3) is 0 Å². The molecule has 2 unspecified atom stereocenters. The molecular formula is C16H32N2O. The van der Waals surface area contributed by atoms with Gasteiger partial charge < -0.3 is 15.8 Å². The van der Waals surface area contributed by atoms with Gasteiger partial charge in [-0.3, -0.25) is 0 Å². The Morgan fingerprint density at radius 1 is 1.16 bits per heavy atom. The molecule has 3 heteroatoms. The smallest absolute Gasteiger partial charge is 0.0655 e. The second-order valence-corrected chi connectivity index (χ2v) is 7.08. The lowest BCUT2D eigenvalue weighted by molar-refractivity contribution is -0.114. The van der Waals surface area contributed by atoms with Crippen LogP contribution in [0.2, 0.25) is 0 Å². The van der Waals surface area contributed by atoms with Crippen LogP contribution in [-0.2, 0) is 4.74 Å². The largest absolute Gasteiger partial charge is 0.378 e. The van der Waals surface area contributed by atoms with Crippen LogP contribution in [0.3, 0.4) is 0 Å². The van der Waals surface area contributed by atoms with E-state index in [9.17, 15) is 0 Å². The van der Waals surface area contributed by atoms with Crippen LogP contribution in [0.1, 0.15) is 52.9 Å². The first-order valence-electron chi connectivity index (χ1n) is 8.13. The molecule has 19 heavy (non-hydrogen) atoms. The van der Waals surface area contributed by atoms with E-state index in [0.717, 1.165) is 25.0 Å². The number of ether oxygens (including phenoxy) is 1. The van der Waals surface area contributed by atoms with Gasteiger partial charge in [0.1, 0.15) is 0 Å². The average molecular weight is 268 g/mol. The molecule has 0 bridgehead atoms. The normalized spacial score (nSPS) is 37.9. The van der Waals surface area contributed by atoms with Crippen molar-refractivity contribution in [1.29, 1.82) is 0 Å². The third-order valence-corrected chi connectivity index (χ3v) is 5.50. The minimum absolute atomic E-state index is 0.296. The minimum atomic E-state index is 0.296. The number of nitrogens with one attached hydrogen (secondary N) is 1. The molecule has 2 saturated carbocycles. The van der Waals surface area contributed by atoms with Crippen LogP contribution in [-0.4, -0.2) is 31.8 Å². The Labute approximate surface area is 118 Å². The van der Waals surface area contributed by atoms with E-state index in [-0.39, 0.29) is 0 Å². The molecule has 0 saturated heterocycles. The van der Waals surface area contributed by atoms with E-state index >= 15 is 0 Å². The summed E-state index contributed by atoms with van der Waals surface area (Å²) in [5.74, 6) is 1.66. The zero-order chi connectivity index (χ0) is 13.9. The zero-order valence-electron chi connectivity index (χ0n) is 13.0. The van der Waals surface area contributed by atoms with Gasteiger partial charge in [0, 0.05) is 18.1 Å². The van der Waals surface area contributed by atoms with Gasteiger partial charge in [0.15, 0.2) is 0 Å². The van der Waals surface area contributed by atoms with Crippen LogP contribution >= 0.6 is 0 Å². The summed E-state index contributed by atoms with van der Waals surface area (Å²) >= 11 is 0. The lowest BCUT2D eigenvalue weighted by Gasteiger charge is -2.52. The van der Waals surface area contributed by atoms with E-state index in [2.05, 4.69) is 26.1 Å². The highest BCUT2D eigenvalue weighted by Gasteiger charge is 2.48. The fraction of sp³-hybridized carbons (Fsp3) is 1.00. The predicted molar refractivity (Wildman–Crippen MR) is 80.1 cm³/mol. The van der Waals surface area contributed by atoms with Crippen molar-refractivity contribution in [3.63, 3.8) is 0 Å². The molecule has 0 aliphatic heterocycles. The number of hydrogen-bond acceptors (Lipinski definition) is 3. The molecule has 2 aliphatic rings. The third kappa shape index (κ3) is 3.50. The molecule has 2 fully saturated rings. The predicted octanol–water partition coefficient (Wildman–Crippen LogP) is 2.54. The molecule has 2 atom stereocenters. The lowest BCUT2D eigenvalue weighted by Crippen LogP contribution is -2.61. The van der Waals surface area contributed by atoms with Gasteiger partial charge in [-0.15, -0.1) is 0 Å². The highest BCUT2D eigenvalue weighted by atomic mass is 16.5. The summed E-state index contributed by atoms with van der Waals surface area (Å²) < 4.78 is 5.79. The van der Waals surface area contributed by atoms with Crippen molar-refractivity contribution in [1.82, 2.24) is 5.32 Å². The Morgan fingerprint density at radius 3 is 2.32 bits per heavy atom. The summed E-state index contributed by atoms with van der Waals surface area (Å²) in [6.45, 7) is 9.66. The fourth-order valence-electron chi connectivity index (χ4n) is 3.70. The van der Waals surface area contributed by atoms with Crippen molar-refractivity contribution in [2.45, 2.75) is 65.0 Å². The maximum atomic E-state index is 5.79. The Bertz CT molecular complexity index is 272. The molecule has 3 N–H and O–H groups in total. The highest BCUT2D eigenvalue weighted by Crippen LogP contribution is 2.43. The summed E-state index contributed by atoms with van der Waals surface area (Å²) in [6, 6.07) is 0.635. The second kappa shape index (κ2) is 6.55. The van der Waals surface area contributed by atoms with E-state index in [0.29, 0.717) is 17.6 Å². The summed E-state index contributed by atoms with van der Waals surface area (Å²) in [7, 11) is 0. The second-order valence-electron chi connectivity index (χ2n) is 7.08. The highest BCUT2D eigenvalue weighted by molar-refractivity contribution is 5.02. The summed E-state index contributed by atoms with van der Waals surface area (Å²) in [6.07, 6.45) is 7.01.